The number of hydrogen-bond donors (Lipinski definition) is 2. The second kappa shape index (κ2) is 5.15. The van der Waals surface area contributed by atoms with Crippen molar-refractivity contribution in [2.75, 3.05) is 20.3 Å². The first-order chi connectivity index (χ1) is 8.50. The maximum Gasteiger partial charge on any atom is 0.316 e. The lowest BCUT2D eigenvalue weighted by molar-refractivity contribution is -0.169. The van der Waals surface area contributed by atoms with Gasteiger partial charge in [-0.1, -0.05) is 0 Å². The number of nitrogens with zero attached hydrogens (tertiary/aromatic N) is 1. The third-order valence-corrected chi connectivity index (χ3v) is 4.52. The standard InChI is InChI=1S/C13H23NO4/c1-13(7-15,8-16)12(17)18-11-5-9-3-4-10(6-11)14(9)2/h9-11,15-16H,3-8H2,1-2H3. The van der Waals surface area contributed by atoms with E-state index in [0.717, 1.165) is 12.8 Å². The first-order valence-corrected chi connectivity index (χ1v) is 6.65. The van der Waals surface area contributed by atoms with Gasteiger partial charge in [-0.05, 0) is 39.7 Å². The highest BCUT2D eigenvalue weighted by molar-refractivity contribution is 5.76. The molecule has 5 nitrogen and oxygen atoms in total. The maximum absolute atomic E-state index is 12.0. The number of esters is 1. The average Bonchev–Trinajstić information content (AvgIpc) is 2.60. The molecule has 0 saturated carbocycles. The molecule has 0 aromatic carbocycles. The van der Waals surface area contributed by atoms with Crippen LogP contribution in [0.4, 0.5) is 0 Å². The van der Waals surface area contributed by atoms with E-state index in [1.165, 1.54) is 19.8 Å². The summed E-state index contributed by atoms with van der Waals surface area (Å²) in [5.41, 5.74) is -1.18. The Balaban J connectivity index is 1.93. The minimum absolute atomic E-state index is 0.0661. The zero-order valence-electron chi connectivity index (χ0n) is 11.1. The highest BCUT2D eigenvalue weighted by Crippen LogP contribution is 2.36. The van der Waals surface area contributed by atoms with Gasteiger partial charge in [-0.3, -0.25) is 4.79 Å². The lowest BCUT2D eigenvalue weighted by atomic mass is 9.92. The van der Waals surface area contributed by atoms with Gasteiger partial charge in [0.15, 0.2) is 0 Å². The number of aliphatic hydroxyl groups is 2. The van der Waals surface area contributed by atoms with Crippen molar-refractivity contribution in [3.63, 3.8) is 0 Å². The first-order valence-electron chi connectivity index (χ1n) is 6.65. The van der Waals surface area contributed by atoms with Crippen LogP contribution in [0, 0.1) is 5.41 Å². The van der Waals surface area contributed by atoms with Crippen LogP contribution in [0.25, 0.3) is 0 Å². The molecule has 2 atom stereocenters. The topological polar surface area (TPSA) is 70.0 Å². The molecule has 18 heavy (non-hydrogen) atoms. The molecule has 2 fully saturated rings. The van der Waals surface area contributed by atoms with Crippen molar-refractivity contribution in [1.82, 2.24) is 4.90 Å². The second-order valence-electron chi connectivity index (χ2n) is 5.93. The van der Waals surface area contributed by atoms with Gasteiger partial charge in [0.1, 0.15) is 11.5 Å². The molecule has 2 bridgehead atoms. The Labute approximate surface area is 108 Å². The number of carbonyl (C=O) groups is 1. The van der Waals surface area contributed by atoms with Gasteiger partial charge < -0.3 is 19.8 Å². The van der Waals surface area contributed by atoms with Crippen LogP contribution >= 0.6 is 0 Å². The number of piperidine rings is 1. The molecular weight excluding hydrogens is 234 g/mol. The Bertz CT molecular complexity index is 302. The summed E-state index contributed by atoms with van der Waals surface area (Å²) in [5.74, 6) is -0.485. The van der Waals surface area contributed by atoms with Gasteiger partial charge in [-0.15, -0.1) is 0 Å². The van der Waals surface area contributed by atoms with Crippen LogP contribution in [0.15, 0.2) is 0 Å². The predicted octanol–water partition coefficient (Wildman–Crippen LogP) is 0.146. The molecule has 0 radical (unpaired) electrons. The van der Waals surface area contributed by atoms with Crippen LogP contribution in [0.5, 0.6) is 0 Å². The molecule has 2 unspecified atom stereocenters. The molecule has 0 aromatic rings. The summed E-state index contributed by atoms with van der Waals surface area (Å²) in [6.45, 7) is 0.752. The zero-order chi connectivity index (χ0) is 13.3. The molecule has 104 valence electrons. The van der Waals surface area contributed by atoms with Crippen LogP contribution in [0.3, 0.4) is 0 Å². The SMILES string of the molecule is CN1C2CCC1CC(OC(=O)C(C)(CO)CO)C2. The fraction of sp³-hybridized carbons (Fsp3) is 0.923. The Kier molecular flexibility index (Phi) is 3.94. The number of hydrogen-bond acceptors (Lipinski definition) is 5. The van der Waals surface area contributed by atoms with Gasteiger partial charge in [0.05, 0.1) is 13.2 Å². The summed E-state index contributed by atoms with van der Waals surface area (Å²) < 4.78 is 5.48. The summed E-state index contributed by atoms with van der Waals surface area (Å²) in [7, 11) is 2.13. The predicted molar refractivity (Wildman–Crippen MR) is 66.0 cm³/mol. The molecular formula is C13H23NO4. The Morgan fingerprint density at radius 3 is 2.22 bits per heavy atom. The van der Waals surface area contributed by atoms with E-state index in [9.17, 15) is 15.0 Å². The molecule has 0 aromatic heterocycles. The molecule has 2 N–H and O–H groups in total. The van der Waals surface area contributed by atoms with Crippen LogP contribution in [-0.2, 0) is 9.53 Å². The normalized spacial score (nSPS) is 32.6. The summed E-state index contributed by atoms with van der Waals surface area (Å²) in [6, 6.07) is 1.02. The minimum atomic E-state index is -1.18. The number of carbonyl (C=O) groups excluding carboxylic acids is 1. The van der Waals surface area contributed by atoms with Gasteiger partial charge in [0.2, 0.25) is 0 Å². The molecule has 2 aliphatic heterocycles. The van der Waals surface area contributed by atoms with Crippen LogP contribution in [0.2, 0.25) is 0 Å². The molecule has 0 aliphatic carbocycles. The molecule has 0 amide bonds. The molecule has 2 rings (SSSR count). The Morgan fingerprint density at radius 1 is 1.28 bits per heavy atom. The van der Waals surface area contributed by atoms with Crippen LogP contribution in [-0.4, -0.2) is 59.5 Å². The van der Waals surface area contributed by atoms with E-state index < -0.39 is 11.4 Å². The van der Waals surface area contributed by atoms with Crippen molar-refractivity contribution in [2.45, 2.75) is 50.8 Å². The summed E-state index contributed by atoms with van der Waals surface area (Å²) in [5, 5.41) is 18.3. The molecule has 2 heterocycles. The number of aliphatic hydroxyl groups excluding tert-OH is 2. The maximum atomic E-state index is 12.0. The van der Waals surface area contributed by atoms with Crippen molar-refractivity contribution < 1.29 is 19.7 Å². The molecule has 0 spiro atoms. The first kappa shape index (κ1) is 13.8. The second-order valence-corrected chi connectivity index (χ2v) is 5.93. The van der Waals surface area contributed by atoms with Gasteiger partial charge >= 0.3 is 5.97 Å². The van der Waals surface area contributed by atoms with E-state index in [-0.39, 0.29) is 19.3 Å². The number of ether oxygens (including phenoxy) is 1. The lowest BCUT2D eigenvalue weighted by Gasteiger charge is -2.37. The van der Waals surface area contributed by atoms with E-state index in [1.807, 2.05) is 0 Å². The number of fused-ring (bicyclic) bond motifs is 2. The highest BCUT2D eigenvalue weighted by Gasteiger charge is 2.42. The van der Waals surface area contributed by atoms with E-state index >= 15 is 0 Å². The van der Waals surface area contributed by atoms with Gasteiger partial charge in [-0.25, -0.2) is 0 Å². The molecule has 5 heteroatoms. The highest BCUT2D eigenvalue weighted by atomic mass is 16.5. The average molecular weight is 257 g/mol. The lowest BCUT2D eigenvalue weighted by Crippen LogP contribution is -2.46. The summed E-state index contributed by atoms with van der Waals surface area (Å²) in [6.07, 6.45) is 4.01. The Morgan fingerprint density at radius 2 is 1.78 bits per heavy atom. The van der Waals surface area contributed by atoms with Crippen molar-refractivity contribution in [3.8, 4) is 0 Å². The number of rotatable bonds is 4. The third-order valence-electron chi connectivity index (χ3n) is 4.52. The van der Waals surface area contributed by atoms with Gasteiger partial charge in [0, 0.05) is 12.1 Å². The van der Waals surface area contributed by atoms with E-state index in [2.05, 4.69) is 11.9 Å². The van der Waals surface area contributed by atoms with Crippen LogP contribution in [0.1, 0.15) is 32.6 Å². The van der Waals surface area contributed by atoms with Gasteiger partial charge in [0.25, 0.3) is 0 Å². The Hall–Kier alpha value is -0.650. The van der Waals surface area contributed by atoms with E-state index in [4.69, 9.17) is 4.74 Å². The molecule has 2 aliphatic rings. The third kappa shape index (κ3) is 2.39. The quantitative estimate of drug-likeness (QED) is 0.701. The molecule has 2 saturated heterocycles. The zero-order valence-corrected chi connectivity index (χ0v) is 11.1. The van der Waals surface area contributed by atoms with Crippen molar-refractivity contribution >= 4 is 5.97 Å². The minimum Gasteiger partial charge on any atom is -0.462 e. The monoisotopic (exact) mass is 257 g/mol. The summed E-state index contributed by atoms with van der Waals surface area (Å²) in [4.78, 5) is 14.3. The smallest absolute Gasteiger partial charge is 0.316 e. The van der Waals surface area contributed by atoms with E-state index in [0.29, 0.717) is 12.1 Å². The van der Waals surface area contributed by atoms with Crippen LogP contribution < -0.4 is 0 Å². The fourth-order valence-electron chi connectivity index (χ4n) is 2.93. The van der Waals surface area contributed by atoms with Crippen molar-refractivity contribution in [3.05, 3.63) is 0 Å². The van der Waals surface area contributed by atoms with Gasteiger partial charge in [-0.2, -0.15) is 0 Å². The van der Waals surface area contributed by atoms with Crippen molar-refractivity contribution in [2.24, 2.45) is 5.41 Å². The fourth-order valence-corrected chi connectivity index (χ4v) is 2.93. The largest absolute Gasteiger partial charge is 0.462 e. The van der Waals surface area contributed by atoms with E-state index in [1.54, 1.807) is 0 Å². The van der Waals surface area contributed by atoms with Crippen molar-refractivity contribution in [1.29, 1.82) is 0 Å². The summed E-state index contributed by atoms with van der Waals surface area (Å²) >= 11 is 0.